The van der Waals surface area contributed by atoms with Crippen LogP contribution in [-0.2, 0) is 46.2 Å². The molecule has 2 aromatic rings. The Labute approximate surface area is 279 Å². The highest BCUT2D eigenvalue weighted by Crippen LogP contribution is 2.45. The van der Waals surface area contributed by atoms with E-state index in [1.165, 1.54) is 29.2 Å². The quantitative estimate of drug-likeness (QED) is 0.301. The maximum atomic E-state index is 13.9. The van der Waals surface area contributed by atoms with Gasteiger partial charge in [-0.15, -0.1) is 0 Å². The first-order valence-electron chi connectivity index (χ1n) is 16.0. The minimum atomic E-state index is -4.66. The van der Waals surface area contributed by atoms with Crippen LogP contribution in [0.2, 0.25) is 0 Å². The first-order valence-corrected chi connectivity index (χ1v) is 16.0. The van der Waals surface area contributed by atoms with Gasteiger partial charge in [-0.3, -0.25) is 9.59 Å². The molecule has 2 heterocycles. The van der Waals surface area contributed by atoms with Crippen LogP contribution >= 0.6 is 0 Å². The lowest BCUT2D eigenvalue weighted by molar-refractivity contribution is -0.182. The molecule has 4 atom stereocenters. The zero-order valence-corrected chi connectivity index (χ0v) is 26.3. The molecule has 6 rings (SSSR count). The molecule has 11 nitrogen and oxygen atoms in total. The highest BCUT2D eigenvalue weighted by atomic mass is 19.4. The number of hydrogen-bond acceptors (Lipinski definition) is 9. The van der Waals surface area contributed by atoms with Gasteiger partial charge in [0.25, 0.3) is 0 Å². The van der Waals surface area contributed by atoms with E-state index in [1.54, 1.807) is 12.1 Å². The predicted molar refractivity (Wildman–Crippen MR) is 166 cm³/mol. The number of alkyl halides is 3. The van der Waals surface area contributed by atoms with Gasteiger partial charge in [0.15, 0.2) is 12.4 Å². The molecule has 0 bridgehead atoms. The second kappa shape index (κ2) is 14.1. The van der Waals surface area contributed by atoms with Gasteiger partial charge in [-0.2, -0.15) is 13.2 Å². The average molecular weight is 685 g/mol. The highest BCUT2D eigenvalue weighted by Gasteiger charge is 2.55. The van der Waals surface area contributed by atoms with Crippen molar-refractivity contribution in [1.29, 1.82) is 0 Å². The maximum Gasteiger partial charge on any atom is 0.422 e. The molecule has 0 saturated carbocycles. The lowest BCUT2D eigenvalue weighted by atomic mass is 9.91. The van der Waals surface area contributed by atoms with Gasteiger partial charge in [0, 0.05) is 44.0 Å². The summed E-state index contributed by atoms with van der Waals surface area (Å²) in [5, 5.41) is 11.8. The van der Waals surface area contributed by atoms with Crippen LogP contribution in [0.15, 0.2) is 66.3 Å². The fourth-order valence-corrected chi connectivity index (χ4v) is 6.76. The Morgan fingerprint density at radius 3 is 2.53 bits per heavy atom. The van der Waals surface area contributed by atoms with Crippen LogP contribution in [0.4, 0.5) is 13.2 Å². The number of esters is 2. The maximum absolute atomic E-state index is 13.9. The Hall–Kier alpha value is -4.53. The molecule has 260 valence electrons. The SMILES string of the molecule is O=C(C=Cc1cccc(C(=O)O[C@@H]2CC(C(=O)N3CCC[C@@H]3C(=O)NCCO)=C[C@H]3OC4(Cc5ccccc5C4)O[C@H]32)c1)OCC(F)(F)F. The van der Waals surface area contributed by atoms with Crippen LogP contribution in [0.1, 0.15) is 46.3 Å². The summed E-state index contributed by atoms with van der Waals surface area (Å²) in [6, 6.07) is 13.1. The minimum Gasteiger partial charge on any atom is -0.456 e. The zero-order chi connectivity index (χ0) is 34.8. The Balaban J connectivity index is 1.21. The molecule has 2 N–H and O–H groups in total. The first kappa shape index (κ1) is 34.3. The number of aliphatic hydroxyl groups excluding tert-OH is 1. The number of rotatable bonds is 9. The third-order valence-corrected chi connectivity index (χ3v) is 8.89. The van der Waals surface area contributed by atoms with Crippen LogP contribution < -0.4 is 5.32 Å². The molecular formula is C35H35F3N2O9. The Morgan fingerprint density at radius 2 is 1.82 bits per heavy atom. The summed E-state index contributed by atoms with van der Waals surface area (Å²) in [6.45, 7) is -1.53. The lowest BCUT2D eigenvalue weighted by Crippen LogP contribution is -2.49. The standard InChI is InChI=1S/C35H35F3N2O9/c36-35(37,38)20-46-29(42)11-10-21-5-3-8-22(15-21)33(45)47-27-16-25(32(44)40-13-4-9-26(40)31(43)39-12-14-41)17-28-30(27)49-34(48-28)18-23-6-1-2-7-24(23)19-34/h1-3,5-8,10-11,15,17,26-28,30,41H,4,9,12-14,16,18-20H2,(H,39,43)/t26-,27-,28-,30+/m1/s1. The molecule has 2 aromatic carbocycles. The van der Waals surface area contributed by atoms with Crippen LogP contribution in [-0.4, -0.2) is 96.4 Å². The summed E-state index contributed by atoms with van der Waals surface area (Å²) < 4.78 is 60.3. The van der Waals surface area contributed by atoms with Gasteiger partial charge >= 0.3 is 18.1 Å². The molecule has 49 heavy (non-hydrogen) atoms. The third kappa shape index (κ3) is 7.87. The summed E-state index contributed by atoms with van der Waals surface area (Å²) in [6.07, 6.45) is -1.36. The number of nitrogens with one attached hydrogen (secondary N) is 1. The van der Waals surface area contributed by atoms with Gasteiger partial charge in [-0.05, 0) is 53.8 Å². The van der Waals surface area contributed by atoms with Crippen molar-refractivity contribution in [2.24, 2.45) is 0 Å². The van der Waals surface area contributed by atoms with Gasteiger partial charge in [-0.25, -0.2) is 9.59 Å². The number of carbonyl (C=O) groups is 4. The van der Waals surface area contributed by atoms with E-state index in [2.05, 4.69) is 10.1 Å². The number of nitrogens with zero attached hydrogens (tertiary/aromatic N) is 1. The van der Waals surface area contributed by atoms with E-state index < -0.39 is 54.9 Å². The van der Waals surface area contributed by atoms with E-state index in [4.69, 9.17) is 19.3 Å². The molecule has 4 aliphatic rings. The van der Waals surface area contributed by atoms with Crippen molar-refractivity contribution < 1.29 is 56.4 Å². The smallest absolute Gasteiger partial charge is 0.422 e. The third-order valence-electron chi connectivity index (χ3n) is 8.89. The van der Waals surface area contributed by atoms with E-state index in [0.29, 0.717) is 43.4 Å². The molecule has 0 radical (unpaired) electrons. The van der Waals surface area contributed by atoms with Crippen molar-refractivity contribution in [2.75, 3.05) is 26.3 Å². The van der Waals surface area contributed by atoms with Crippen LogP contribution in [0.5, 0.6) is 0 Å². The van der Waals surface area contributed by atoms with Gasteiger partial charge in [0.1, 0.15) is 24.4 Å². The number of hydrogen-bond donors (Lipinski definition) is 2. The molecule has 0 unspecified atom stereocenters. The van der Waals surface area contributed by atoms with Crippen molar-refractivity contribution in [3.8, 4) is 0 Å². The molecule has 2 amide bonds. The summed E-state index contributed by atoms with van der Waals surface area (Å²) >= 11 is 0. The largest absolute Gasteiger partial charge is 0.456 e. The highest BCUT2D eigenvalue weighted by molar-refractivity contribution is 5.98. The number of carbonyl (C=O) groups excluding carboxylic acids is 4. The molecule has 2 saturated heterocycles. The van der Waals surface area contributed by atoms with Crippen molar-refractivity contribution in [1.82, 2.24) is 10.2 Å². The van der Waals surface area contributed by atoms with Crippen LogP contribution in [0, 0.1) is 0 Å². The summed E-state index contributed by atoms with van der Waals surface area (Å²) in [7, 11) is 0. The van der Waals surface area contributed by atoms with E-state index in [0.717, 1.165) is 17.2 Å². The molecule has 2 aliphatic heterocycles. The number of ether oxygens (including phenoxy) is 4. The van der Waals surface area contributed by atoms with Crippen LogP contribution in [0.25, 0.3) is 6.08 Å². The Kier molecular flexibility index (Phi) is 9.91. The fraction of sp³-hybridized carbons (Fsp3) is 0.429. The van der Waals surface area contributed by atoms with Crippen molar-refractivity contribution in [3.63, 3.8) is 0 Å². The zero-order valence-electron chi connectivity index (χ0n) is 26.3. The number of halogens is 3. The summed E-state index contributed by atoms with van der Waals surface area (Å²) in [5.74, 6) is -3.72. The monoisotopic (exact) mass is 684 g/mol. The van der Waals surface area contributed by atoms with Gasteiger partial charge in [0.05, 0.1) is 12.2 Å². The number of amides is 2. The Morgan fingerprint density at radius 1 is 1.06 bits per heavy atom. The normalized spacial score (nSPS) is 24.0. The second-order valence-corrected chi connectivity index (χ2v) is 12.4. The van der Waals surface area contributed by atoms with Crippen molar-refractivity contribution in [2.45, 2.75) is 68.4 Å². The predicted octanol–water partition coefficient (Wildman–Crippen LogP) is 3.04. The average Bonchev–Trinajstić information content (AvgIpc) is 3.80. The molecule has 0 aromatic heterocycles. The summed E-state index contributed by atoms with van der Waals surface area (Å²) in [4.78, 5) is 53.4. The molecule has 14 heteroatoms. The minimum absolute atomic E-state index is 0.00968. The first-order chi connectivity index (χ1) is 23.4. The topological polar surface area (TPSA) is 141 Å². The molecule has 2 fully saturated rings. The van der Waals surface area contributed by atoms with E-state index in [-0.39, 0.29) is 37.0 Å². The molecular weight excluding hydrogens is 649 g/mol. The fourth-order valence-electron chi connectivity index (χ4n) is 6.76. The molecule has 2 aliphatic carbocycles. The van der Waals surface area contributed by atoms with Gasteiger partial charge < -0.3 is 34.3 Å². The number of benzene rings is 2. The van der Waals surface area contributed by atoms with E-state index >= 15 is 0 Å². The number of aliphatic hydroxyl groups is 1. The van der Waals surface area contributed by atoms with Gasteiger partial charge in [0.2, 0.25) is 11.8 Å². The Bertz CT molecular complexity index is 1650. The van der Waals surface area contributed by atoms with E-state index in [9.17, 15) is 32.3 Å². The lowest BCUT2D eigenvalue weighted by Gasteiger charge is -2.32. The number of fused-ring (bicyclic) bond motifs is 2. The second-order valence-electron chi connectivity index (χ2n) is 12.4. The molecule has 1 spiro atoms. The van der Waals surface area contributed by atoms with Crippen molar-refractivity contribution in [3.05, 3.63) is 88.5 Å². The number of likely N-dealkylation sites (tertiary alicyclic amines) is 1. The summed E-state index contributed by atoms with van der Waals surface area (Å²) in [5.41, 5.74) is 2.86. The van der Waals surface area contributed by atoms with Crippen molar-refractivity contribution >= 4 is 29.8 Å². The van der Waals surface area contributed by atoms with E-state index in [1.807, 2.05) is 24.3 Å². The van der Waals surface area contributed by atoms with Gasteiger partial charge in [-0.1, -0.05) is 36.4 Å². The van der Waals surface area contributed by atoms with Crippen LogP contribution in [0.3, 0.4) is 0 Å².